The molecular weight excluding hydrogens is 478 g/mol. The second-order valence-electron chi connectivity index (χ2n) is 8.10. The average molecular weight is 506 g/mol. The molecule has 0 saturated heterocycles. The molecule has 0 aliphatic heterocycles. The lowest BCUT2D eigenvalue weighted by Crippen LogP contribution is -2.31. The van der Waals surface area contributed by atoms with E-state index >= 15 is 0 Å². The van der Waals surface area contributed by atoms with Gasteiger partial charge in [-0.2, -0.15) is 9.30 Å². The van der Waals surface area contributed by atoms with Crippen molar-refractivity contribution in [2.45, 2.75) is 38.1 Å². The lowest BCUT2D eigenvalue weighted by atomic mass is 10.1. The predicted octanol–water partition coefficient (Wildman–Crippen LogP) is 5.04. The fourth-order valence-electron chi connectivity index (χ4n) is 3.98. The third-order valence-corrected chi connectivity index (χ3v) is 8.99. The minimum absolute atomic E-state index is 0.169. The number of hydrogen-bond donors (Lipinski definition) is 0. The molecule has 3 aromatic carbocycles. The summed E-state index contributed by atoms with van der Waals surface area (Å²) < 4.78 is 30.3. The standard InChI is InChI=1S/C27H27N3O3S2/c1-4-7-19-29(6-3)35(32,33)22-15-12-21(13-16-22)26(31)28-27-30(18-5-2)24-17-14-20-10-8-9-11-23(20)25(24)34-27/h2,8-17H,4,6-7,18-19H2,1,3H3. The first-order valence-electron chi connectivity index (χ1n) is 11.5. The molecular formula is C27H27N3O3S2. The van der Waals surface area contributed by atoms with Crippen LogP contribution in [-0.2, 0) is 16.6 Å². The summed E-state index contributed by atoms with van der Waals surface area (Å²) >= 11 is 1.42. The zero-order chi connectivity index (χ0) is 25.0. The van der Waals surface area contributed by atoms with Crippen LogP contribution in [0.4, 0.5) is 0 Å². The van der Waals surface area contributed by atoms with Crippen LogP contribution in [0.5, 0.6) is 0 Å². The molecule has 1 aromatic heterocycles. The number of fused-ring (bicyclic) bond motifs is 3. The van der Waals surface area contributed by atoms with Gasteiger partial charge in [0, 0.05) is 24.0 Å². The first kappa shape index (κ1) is 24.9. The van der Waals surface area contributed by atoms with Gasteiger partial charge < -0.3 is 4.57 Å². The molecule has 0 N–H and O–H groups in total. The molecule has 0 radical (unpaired) electrons. The molecule has 4 aromatic rings. The van der Waals surface area contributed by atoms with Crippen LogP contribution >= 0.6 is 11.3 Å². The molecule has 0 bridgehead atoms. The highest BCUT2D eigenvalue weighted by Crippen LogP contribution is 2.27. The molecule has 0 spiro atoms. The maximum absolute atomic E-state index is 13.0. The molecule has 1 amide bonds. The highest BCUT2D eigenvalue weighted by Gasteiger charge is 2.22. The number of unbranched alkanes of at least 4 members (excludes halogenated alkanes) is 1. The van der Waals surface area contributed by atoms with Crippen LogP contribution in [-0.4, -0.2) is 36.3 Å². The minimum atomic E-state index is -3.61. The van der Waals surface area contributed by atoms with Crippen LogP contribution in [0.3, 0.4) is 0 Å². The minimum Gasteiger partial charge on any atom is -0.305 e. The molecule has 35 heavy (non-hydrogen) atoms. The number of carbonyl (C=O) groups excluding carboxylic acids is 1. The topological polar surface area (TPSA) is 71.7 Å². The van der Waals surface area contributed by atoms with Gasteiger partial charge in [0.2, 0.25) is 10.0 Å². The fraction of sp³-hybridized carbons (Fsp3) is 0.259. The number of nitrogens with zero attached hydrogens (tertiary/aromatic N) is 3. The lowest BCUT2D eigenvalue weighted by Gasteiger charge is -2.20. The van der Waals surface area contributed by atoms with Crippen molar-refractivity contribution in [2.75, 3.05) is 13.1 Å². The van der Waals surface area contributed by atoms with Crippen molar-refractivity contribution in [3.63, 3.8) is 0 Å². The largest absolute Gasteiger partial charge is 0.305 e. The Bertz CT molecular complexity index is 1590. The Morgan fingerprint density at radius 2 is 1.83 bits per heavy atom. The first-order chi connectivity index (χ1) is 16.9. The number of sulfonamides is 1. The molecule has 0 saturated carbocycles. The van der Waals surface area contributed by atoms with Gasteiger partial charge in [0.25, 0.3) is 5.91 Å². The molecule has 180 valence electrons. The van der Waals surface area contributed by atoms with Gasteiger partial charge in [-0.15, -0.1) is 6.42 Å². The Balaban J connectivity index is 1.71. The van der Waals surface area contributed by atoms with Crippen molar-refractivity contribution in [1.82, 2.24) is 8.87 Å². The molecule has 0 atom stereocenters. The van der Waals surface area contributed by atoms with E-state index in [1.807, 2.05) is 54.8 Å². The molecule has 0 fully saturated rings. The molecule has 8 heteroatoms. The van der Waals surface area contributed by atoms with E-state index in [0.717, 1.165) is 33.8 Å². The fourth-order valence-corrected chi connectivity index (χ4v) is 6.63. The number of rotatable bonds is 8. The Hall–Kier alpha value is -3.25. The number of amides is 1. The summed E-state index contributed by atoms with van der Waals surface area (Å²) in [5, 5.41) is 2.18. The van der Waals surface area contributed by atoms with Crippen LogP contribution < -0.4 is 4.80 Å². The van der Waals surface area contributed by atoms with Gasteiger partial charge in [-0.05, 0) is 42.1 Å². The van der Waals surface area contributed by atoms with E-state index in [1.165, 1.54) is 39.9 Å². The van der Waals surface area contributed by atoms with E-state index in [0.29, 0.717) is 23.5 Å². The molecule has 1 heterocycles. The van der Waals surface area contributed by atoms with Crippen molar-refractivity contribution in [1.29, 1.82) is 0 Å². The van der Waals surface area contributed by atoms with Crippen LogP contribution in [0.15, 0.2) is 70.6 Å². The van der Waals surface area contributed by atoms with Crippen LogP contribution in [0.1, 0.15) is 37.0 Å². The Labute approximate surface area is 209 Å². The van der Waals surface area contributed by atoms with Gasteiger partial charge >= 0.3 is 0 Å². The summed E-state index contributed by atoms with van der Waals surface area (Å²) in [6.07, 6.45) is 7.31. The van der Waals surface area contributed by atoms with E-state index in [2.05, 4.69) is 10.9 Å². The smallest absolute Gasteiger partial charge is 0.279 e. The van der Waals surface area contributed by atoms with Crippen LogP contribution in [0.25, 0.3) is 21.0 Å². The monoisotopic (exact) mass is 505 g/mol. The van der Waals surface area contributed by atoms with Crippen molar-refractivity contribution in [3.05, 3.63) is 71.0 Å². The number of terminal acetylenes is 1. The Morgan fingerprint density at radius 1 is 1.09 bits per heavy atom. The van der Waals surface area contributed by atoms with Crippen molar-refractivity contribution in [3.8, 4) is 12.3 Å². The quantitative estimate of drug-likeness (QED) is 0.315. The number of thiazole rings is 1. The van der Waals surface area contributed by atoms with Gasteiger partial charge in [-0.3, -0.25) is 4.79 Å². The zero-order valence-corrected chi connectivity index (χ0v) is 21.4. The highest BCUT2D eigenvalue weighted by atomic mass is 32.2. The second kappa shape index (κ2) is 10.6. The molecule has 0 aliphatic carbocycles. The number of hydrogen-bond acceptors (Lipinski definition) is 4. The van der Waals surface area contributed by atoms with E-state index in [-0.39, 0.29) is 11.4 Å². The van der Waals surface area contributed by atoms with Crippen LogP contribution in [0.2, 0.25) is 0 Å². The summed E-state index contributed by atoms with van der Waals surface area (Å²) in [6, 6.07) is 18.0. The average Bonchev–Trinajstić information content (AvgIpc) is 3.22. The van der Waals surface area contributed by atoms with Gasteiger partial charge in [-0.1, -0.05) is 67.9 Å². The zero-order valence-electron chi connectivity index (χ0n) is 19.8. The van der Waals surface area contributed by atoms with Gasteiger partial charge in [0.05, 0.1) is 21.7 Å². The molecule has 4 rings (SSSR count). The van der Waals surface area contributed by atoms with Crippen molar-refractivity contribution < 1.29 is 13.2 Å². The number of carbonyl (C=O) groups is 1. The third kappa shape index (κ3) is 4.94. The maximum atomic E-state index is 13.0. The second-order valence-corrected chi connectivity index (χ2v) is 11.0. The predicted molar refractivity (Wildman–Crippen MR) is 142 cm³/mol. The molecule has 0 aliphatic rings. The summed E-state index contributed by atoms with van der Waals surface area (Å²) in [6.45, 7) is 5.00. The maximum Gasteiger partial charge on any atom is 0.279 e. The Kier molecular flexibility index (Phi) is 7.51. The summed E-state index contributed by atoms with van der Waals surface area (Å²) in [4.78, 5) is 18.1. The molecule has 0 unspecified atom stereocenters. The Morgan fingerprint density at radius 3 is 2.51 bits per heavy atom. The van der Waals surface area contributed by atoms with Gasteiger partial charge in [-0.25, -0.2) is 8.42 Å². The SMILES string of the molecule is C#CCn1c(=NC(=O)c2ccc(S(=O)(=O)N(CC)CCCC)cc2)sc2c3ccccc3ccc21. The lowest BCUT2D eigenvalue weighted by molar-refractivity contribution is 0.0998. The molecule has 6 nitrogen and oxygen atoms in total. The summed E-state index contributed by atoms with van der Waals surface area (Å²) in [5.41, 5.74) is 1.24. The van der Waals surface area contributed by atoms with E-state index in [4.69, 9.17) is 6.42 Å². The third-order valence-electron chi connectivity index (χ3n) is 5.87. The number of benzene rings is 3. The van der Waals surface area contributed by atoms with Crippen LogP contribution in [0, 0.1) is 12.3 Å². The summed E-state index contributed by atoms with van der Waals surface area (Å²) in [5.74, 6) is 2.20. The number of aromatic nitrogens is 1. The summed E-state index contributed by atoms with van der Waals surface area (Å²) in [7, 11) is -3.61. The van der Waals surface area contributed by atoms with E-state index in [9.17, 15) is 13.2 Å². The highest BCUT2D eigenvalue weighted by molar-refractivity contribution is 7.89. The van der Waals surface area contributed by atoms with E-state index in [1.54, 1.807) is 0 Å². The van der Waals surface area contributed by atoms with Gasteiger partial charge in [0.1, 0.15) is 0 Å². The van der Waals surface area contributed by atoms with Crippen molar-refractivity contribution >= 4 is 48.3 Å². The van der Waals surface area contributed by atoms with Gasteiger partial charge in [0.15, 0.2) is 4.80 Å². The first-order valence-corrected chi connectivity index (χ1v) is 13.8. The van der Waals surface area contributed by atoms with Crippen molar-refractivity contribution in [2.24, 2.45) is 4.99 Å². The normalized spacial score (nSPS) is 12.5. The van der Waals surface area contributed by atoms with E-state index < -0.39 is 15.9 Å².